The van der Waals surface area contributed by atoms with Gasteiger partial charge in [-0.15, -0.1) is 0 Å². The molecule has 1 aromatic rings. The van der Waals surface area contributed by atoms with Crippen LogP contribution in [0.25, 0.3) is 0 Å². The summed E-state index contributed by atoms with van der Waals surface area (Å²) in [5.41, 5.74) is 0.610. The fourth-order valence-electron chi connectivity index (χ4n) is 0.730. The third kappa shape index (κ3) is 2.68. The first kappa shape index (κ1) is 11.4. The Hall–Kier alpha value is 1.37. The minimum atomic E-state index is -0.389. The maximum absolute atomic E-state index is 11.0. The molecule has 0 atom stereocenters. The smallest absolute Gasteiger partial charge is 0.254 e. The molecule has 12 heavy (non-hydrogen) atoms. The lowest BCUT2D eigenvalue weighted by molar-refractivity contribution is 0.108. The van der Waals surface area contributed by atoms with Crippen molar-refractivity contribution in [1.82, 2.24) is 0 Å². The Balaban J connectivity index is 3.38. The van der Waals surface area contributed by atoms with E-state index >= 15 is 0 Å². The summed E-state index contributed by atoms with van der Waals surface area (Å²) in [6.45, 7) is 0. The van der Waals surface area contributed by atoms with Crippen molar-refractivity contribution in [1.29, 1.82) is 0 Å². The molecule has 0 aliphatic rings. The van der Waals surface area contributed by atoms with E-state index in [2.05, 4.69) is 67.8 Å². The molecule has 1 rings (SSSR count). The molecule has 0 bridgehead atoms. The summed E-state index contributed by atoms with van der Waals surface area (Å²) in [6, 6.07) is 3.86. The monoisotopic (exact) mass is 518 g/mol. The van der Waals surface area contributed by atoms with E-state index in [9.17, 15) is 4.79 Å². The van der Waals surface area contributed by atoms with Crippen LogP contribution >= 0.6 is 79.4 Å². The molecule has 0 saturated carbocycles. The van der Waals surface area contributed by atoms with Gasteiger partial charge < -0.3 is 0 Å². The highest BCUT2D eigenvalue weighted by Gasteiger charge is 2.11. The lowest BCUT2D eigenvalue weighted by Crippen LogP contribution is -1.98. The number of hydrogen-bond donors (Lipinski definition) is 0. The molecule has 0 fully saturated rings. The van der Waals surface area contributed by atoms with Gasteiger partial charge in [0.2, 0.25) is 0 Å². The third-order valence-corrected chi connectivity index (χ3v) is 3.72. The SMILES string of the molecule is O=C(Cl)c1c(I)cc(I)cc1I. The van der Waals surface area contributed by atoms with Crippen molar-refractivity contribution >= 4 is 84.6 Å². The molecular weight excluding hydrogens is 516 g/mol. The van der Waals surface area contributed by atoms with E-state index in [1.165, 1.54) is 0 Å². The molecule has 0 aliphatic heterocycles. The first-order valence-electron chi connectivity index (χ1n) is 2.86. The van der Waals surface area contributed by atoms with Crippen LogP contribution in [0.2, 0.25) is 0 Å². The summed E-state index contributed by atoms with van der Waals surface area (Å²) in [4.78, 5) is 11.0. The van der Waals surface area contributed by atoms with Crippen molar-refractivity contribution in [2.75, 3.05) is 0 Å². The minimum Gasteiger partial charge on any atom is -0.276 e. The van der Waals surface area contributed by atoms with Gasteiger partial charge in [0.25, 0.3) is 5.24 Å². The normalized spacial score (nSPS) is 10.0. The lowest BCUT2D eigenvalue weighted by atomic mass is 10.2. The van der Waals surface area contributed by atoms with Crippen molar-refractivity contribution in [3.8, 4) is 0 Å². The lowest BCUT2D eigenvalue weighted by Gasteiger charge is -2.02. The van der Waals surface area contributed by atoms with Gasteiger partial charge in [-0.1, -0.05) is 0 Å². The molecule has 0 unspecified atom stereocenters. The van der Waals surface area contributed by atoms with E-state index < -0.39 is 0 Å². The Kier molecular flexibility index (Phi) is 4.52. The van der Waals surface area contributed by atoms with E-state index in [0.717, 1.165) is 10.7 Å². The molecule has 0 spiro atoms. The Morgan fingerprint density at radius 1 is 1.17 bits per heavy atom. The van der Waals surface area contributed by atoms with Gasteiger partial charge in [0.1, 0.15) is 0 Å². The Labute approximate surface area is 116 Å². The van der Waals surface area contributed by atoms with Gasteiger partial charge >= 0.3 is 0 Å². The van der Waals surface area contributed by atoms with Gasteiger partial charge in [-0.3, -0.25) is 4.79 Å². The maximum atomic E-state index is 11.0. The zero-order valence-electron chi connectivity index (χ0n) is 5.57. The Morgan fingerprint density at radius 3 is 1.92 bits per heavy atom. The van der Waals surface area contributed by atoms with Crippen LogP contribution in [0.1, 0.15) is 10.4 Å². The van der Waals surface area contributed by atoms with Crippen molar-refractivity contribution in [2.45, 2.75) is 0 Å². The molecule has 5 heteroatoms. The van der Waals surface area contributed by atoms with Crippen molar-refractivity contribution < 1.29 is 4.79 Å². The average molecular weight is 518 g/mol. The predicted molar refractivity (Wildman–Crippen MR) is 74.8 cm³/mol. The summed E-state index contributed by atoms with van der Waals surface area (Å²) in [6.07, 6.45) is 0. The molecule has 0 amide bonds. The van der Waals surface area contributed by atoms with E-state index in [0.29, 0.717) is 5.56 Å². The fraction of sp³-hybridized carbons (Fsp3) is 0. The Morgan fingerprint density at radius 2 is 1.58 bits per heavy atom. The van der Waals surface area contributed by atoms with Gasteiger partial charge in [0, 0.05) is 10.7 Å². The second kappa shape index (κ2) is 4.74. The van der Waals surface area contributed by atoms with Gasteiger partial charge in [0.05, 0.1) is 5.56 Å². The molecule has 0 radical (unpaired) electrons. The minimum absolute atomic E-state index is 0.389. The molecule has 0 aromatic heterocycles. The van der Waals surface area contributed by atoms with E-state index in [1.54, 1.807) is 0 Å². The van der Waals surface area contributed by atoms with Crippen LogP contribution in [0.5, 0.6) is 0 Å². The van der Waals surface area contributed by atoms with Crippen LogP contribution in [0.15, 0.2) is 12.1 Å². The van der Waals surface area contributed by atoms with Gasteiger partial charge in [-0.05, 0) is 91.5 Å². The van der Waals surface area contributed by atoms with Crippen LogP contribution in [0, 0.1) is 10.7 Å². The van der Waals surface area contributed by atoms with E-state index in [1.807, 2.05) is 12.1 Å². The topological polar surface area (TPSA) is 17.1 Å². The maximum Gasteiger partial charge on any atom is 0.254 e. The molecule has 0 aliphatic carbocycles. The molecule has 1 aromatic carbocycles. The molecule has 0 N–H and O–H groups in total. The summed E-state index contributed by atoms with van der Waals surface area (Å²) in [7, 11) is 0. The average Bonchev–Trinajstić information content (AvgIpc) is 1.82. The number of hydrogen-bond acceptors (Lipinski definition) is 1. The molecule has 0 heterocycles. The summed E-state index contributed by atoms with van der Waals surface area (Å²) >= 11 is 11.8. The van der Waals surface area contributed by atoms with Crippen molar-refractivity contribution in [3.63, 3.8) is 0 Å². The molecule has 64 valence electrons. The van der Waals surface area contributed by atoms with Crippen molar-refractivity contribution in [2.24, 2.45) is 0 Å². The van der Waals surface area contributed by atoms with Crippen molar-refractivity contribution in [3.05, 3.63) is 28.4 Å². The predicted octanol–water partition coefficient (Wildman–Crippen LogP) is 3.88. The fourth-order valence-corrected chi connectivity index (χ4v) is 5.32. The molecule has 0 saturated heterocycles. The highest BCUT2D eigenvalue weighted by Crippen LogP contribution is 2.23. The van der Waals surface area contributed by atoms with Crippen LogP contribution in [0.4, 0.5) is 0 Å². The zero-order chi connectivity index (χ0) is 9.30. The second-order valence-corrected chi connectivity index (χ2v) is 5.93. The summed E-state index contributed by atoms with van der Waals surface area (Å²) in [5, 5.41) is -0.389. The van der Waals surface area contributed by atoms with Crippen LogP contribution in [0.3, 0.4) is 0 Å². The summed E-state index contributed by atoms with van der Waals surface area (Å²) in [5.74, 6) is 0. The van der Waals surface area contributed by atoms with Crippen LogP contribution in [-0.4, -0.2) is 5.24 Å². The van der Waals surface area contributed by atoms with Gasteiger partial charge in [0.15, 0.2) is 0 Å². The van der Waals surface area contributed by atoms with Crippen LogP contribution < -0.4 is 0 Å². The first-order valence-corrected chi connectivity index (χ1v) is 6.48. The van der Waals surface area contributed by atoms with E-state index in [4.69, 9.17) is 11.6 Å². The number of rotatable bonds is 1. The molecular formula is C7H2ClI3O. The van der Waals surface area contributed by atoms with Gasteiger partial charge in [-0.25, -0.2) is 0 Å². The highest BCUT2D eigenvalue weighted by atomic mass is 127. The molecule has 1 nitrogen and oxygen atoms in total. The third-order valence-electron chi connectivity index (χ3n) is 1.20. The highest BCUT2D eigenvalue weighted by molar-refractivity contribution is 14.1. The number of halogens is 4. The Bertz CT molecular complexity index is 314. The van der Waals surface area contributed by atoms with Crippen LogP contribution in [-0.2, 0) is 0 Å². The first-order chi connectivity index (χ1) is 5.52. The second-order valence-electron chi connectivity index (χ2n) is 2.02. The number of benzene rings is 1. The quantitative estimate of drug-likeness (QED) is 0.408. The summed E-state index contributed by atoms with van der Waals surface area (Å²) < 4.78 is 2.93. The number of carbonyl (C=O) groups excluding carboxylic acids is 1. The van der Waals surface area contributed by atoms with E-state index in [-0.39, 0.29) is 5.24 Å². The number of carbonyl (C=O) groups is 1. The largest absolute Gasteiger partial charge is 0.276 e. The zero-order valence-corrected chi connectivity index (χ0v) is 12.8. The van der Waals surface area contributed by atoms with Gasteiger partial charge in [-0.2, -0.15) is 0 Å². The standard InChI is InChI=1S/C7H2ClI3O/c8-7(12)6-4(10)1-3(9)2-5(6)11/h1-2H.